The molecule has 0 radical (unpaired) electrons. The molecule has 0 aliphatic carbocycles. The second-order valence-corrected chi connectivity index (χ2v) is 6.35. The summed E-state index contributed by atoms with van der Waals surface area (Å²) in [7, 11) is 2.01. The molecule has 0 spiro atoms. The number of likely N-dealkylation sites (N-methyl/N-ethyl adjacent to an activating group) is 1. The number of nitrogens with zero attached hydrogens (tertiary/aromatic N) is 1. The van der Waals surface area contributed by atoms with Crippen molar-refractivity contribution in [1.29, 1.82) is 0 Å². The monoisotopic (exact) mass is 340 g/mol. The molecule has 4 nitrogen and oxygen atoms in total. The minimum absolute atomic E-state index is 0.0262. The van der Waals surface area contributed by atoms with Gasteiger partial charge in [0.2, 0.25) is 0 Å². The van der Waals surface area contributed by atoms with Crippen molar-refractivity contribution < 1.29 is 9.53 Å². The number of morpholine rings is 1. The van der Waals surface area contributed by atoms with E-state index < -0.39 is 0 Å². The number of carbonyl (C=O) groups excluding carboxylic acids is 1. The van der Waals surface area contributed by atoms with Crippen LogP contribution in [0.3, 0.4) is 0 Å². The molecule has 1 fully saturated rings. The SMILES string of the molecule is CC1CN(C)CC(C(=O)NC(C)c2ccc(Br)cc2)O1. The molecular weight excluding hydrogens is 320 g/mol. The van der Waals surface area contributed by atoms with Crippen LogP contribution in [-0.2, 0) is 9.53 Å². The minimum Gasteiger partial charge on any atom is -0.363 e. The molecule has 0 aromatic heterocycles. The number of nitrogens with one attached hydrogen (secondary N) is 1. The Morgan fingerprint density at radius 1 is 1.40 bits per heavy atom. The minimum atomic E-state index is -0.387. The number of hydrogen-bond donors (Lipinski definition) is 1. The Morgan fingerprint density at radius 2 is 2.05 bits per heavy atom. The highest BCUT2D eigenvalue weighted by Crippen LogP contribution is 2.17. The van der Waals surface area contributed by atoms with E-state index in [2.05, 4.69) is 26.1 Å². The Labute approximate surface area is 128 Å². The predicted molar refractivity (Wildman–Crippen MR) is 82.5 cm³/mol. The van der Waals surface area contributed by atoms with Gasteiger partial charge in [0.25, 0.3) is 5.91 Å². The quantitative estimate of drug-likeness (QED) is 0.918. The van der Waals surface area contributed by atoms with Gasteiger partial charge in [-0.15, -0.1) is 0 Å². The summed E-state index contributed by atoms with van der Waals surface area (Å²) < 4.78 is 6.75. The molecule has 0 bridgehead atoms. The van der Waals surface area contributed by atoms with Crippen LogP contribution in [0, 0.1) is 0 Å². The second-order valence-electron chi connectivity index (χ2n) is 5.44. The Morgan fingerprint density at radius 3 is 2.65 bits per heavy atom. The van der Waals surface area contributed by atoms with Gasteiger partial charge >= 0.3 is 0 Å². The van der Waals surface area contributed by atoms with E-state index in [0.29, 0.717) is 6.54 Å². The van der Waals surface area contributed by atoms with E-state index in [1.165, 1.54) is 0 Å². The molecule has 0 saturated carbocycles. The highest BCUT2D eigenvalue weighted by Gasteiger charge is 2.29. The first-order valence-electron chi connectivity index (χ1n) is 6.85. The van der Waals surface area contributed by atoms with Crippen LogP contribution in [-0.4, -0.2) is 43.2 Å². The number of hydrogen-bond acceptors (Lipinski definition) is 3. The van der Waals surface area contributed by atoms with Gasteiger partial charge in [-0.25, -0.2) is 0 Å². The molecule has 5 heteroatoms. The lowest BCUT2D eigenvalue weighted by Gasteiger charge is -2.34. The normalized spacial score (nSPS) is 25.2. The molecular formula is C15H21BrN2O2. The average molecular weight is 341 g/mol. The second kappa shape index (κ2) is 6.70. The van der Waals surface area contributed by atoms with Crippen LogP contribution >= 0.6 is 15.9 Å². The predicted octanol–water partition coefficient (Wildman–Crippen LogP) is 2.35. The summed E-state index contributed by atoms with van der Waals surface area (Å²) in [6.07, 6.45) is -0.297. The topological polar surface area (TPSA) is 41.6 Å². The van der Waals surface area contributed by atoms with Crippen LogP contribution in [0.5, 0.6) is 0 Å². The van der Waals surface area contributed by atoms with Crippen LogP contribution in [0.2, 0.25) is 0 Å². The summed E-state index contributed by atoms with van der Waals surface area (Å²) in [5, 5.41) is 3.02. The Bertz CT molecular complexity index is 453. The lowest BCUT2D eigenvalue weighted by Crippen LogP contribution is -2.51. The van der Waals surface area contributed by atoms with E-state index in [0.717, 1.165) is 16.6 Å². The zero-order valence-electron chi connectivity index (χ0n) is 12.1. The first-order chi connectivity index (χ1) is 9.45. The lowest BCUT2D eigenvalue weighted by atomic mass is 10.1. The van der Waals surface area contributed by atoms with Gasteiger partial charge in [-0.05, 0) is 38.6 Å². The molecule has 1 N–H and O–H groups in total. The highest BCUT2D eigenvalue weighted by atomic mass is 79.9. The Hall–Kier alpha value is -0.910. The fourth-order valence-corrected chi connectivity index (χ4v) is 2.71. The number of halogens is 1. The number of rotatable bonds is 3. The van der Waals surface area contributed by atoms with Crippen molar-refractivity contribution in [3.05, 3.63) is 34.3 Å². The molecule has 1 aliphatic heterocycles. The van der Waals surface area contributed by atoms with Crippen molar-refractivity contribution in [2.75, 3.05) is 20.1 Å². The summed E-state index contributed by atoms with van der Waals surface area (Å²) >= 11 is 3.41. The first-order valence-corrected chi connectivity index (χ1v) is 7.65. The zero-order chi connectivity index (χ0) is 14.7. The van der Waals surface area contributed by atoms with E-state index >= 15 is 0 Å². The van der Waals surface area contributed by atoms with E-state index in [-0.39, 0.29) is 24.2 Å². The molecule has 3 atom stereocenters. The molecule has 110 valence electrons. The van der Waals surface area contributed by atoms with E-state index in [1.54, 1.807) is 0 Å². The van der Waals surface area contributed by atoms with E-state index in [9.17, 15) is 4.79 Å². The summed E-state index contributed by atoms with van der Waals surface area (Å²) in [5.74, 6) is -0.0428. The Kier molecular flexibility index (Phi) is 5.18. The smallest absolute Gasteiger partial charge is 0.250 e. The van der Waals surface area contributed by atoms with E-state index in [4.69, 9.17) is 4.74 Å². The zero-order valence-corrected chi connectivity index (χ0v) is 13.7. The third kappa shape index (κ3) is 4.04. The van der Waals surface area contributed by atoms with Crippen LogP contribution in [0.1, 0.15) is 25.5 Å². The average Bonchev–Trinajstić information content (AvgIpc) is 2.38. The van der Waals surface area contributed by atoms with Crippen LogP contribution < -0.4 is 5.32 Å². The third-order valence-electron chi connectivity index (χ3n) is 3.46. The number of carbonyl (C=O) groups is 1. The summed E-state index contributed by atoms with van der Waals surface area (Å²) in [6.45, 7) is 5.49. The van der Waals surface area contributed by atoms with Crippen molar-refractivity contribution >= 4 is 21.8 Å². The molecule has 1 aromatic carbocycles. The molecule has 2 rings (SSSR count). The molecule has 1 aliphatic rings. The van der Waals surface area contributed by atoms with Crippen molar-refractivity contribution in [2.45, 2.75) is 32.1 Å². The van der Waals surface area contributed by atoms with Crippen molar-refractivity contribution in [3.8, 4) is 0 Å². The summed E-state index contributed by atoms with van der Waals surface area (Å²) in [6, 6.07) is 7.94. The van der Waals surface area contributed by atoms with Crippen molar-refractivity contribution in [2.24, 2.45) is 0 Å². The van der Waals surface area contributed by atoms with Crippen LogP contribution in [0.4, 0.5) is 0 Å². The highest BCUT2D eigenvalue weighted by molar-refractivity contribution is 9.10. The molecule has 1 aromatic rings. The standard InChI is InChI=1S/C15H21BrN2O2/c1-10-8-18(3)9-14(20-10)15(19)17-11(2)12-4-6-13(16)7-5-12/h4-7,10-11,14H,8-9H2,1-3H3,(H,17,19). The van der Waals surface area contributed by atoms with Gasteiger partial charge in [0, 0.05) is 17.6 Å². The molecule has 1 saturated heterocycles. The fraction of sp³-hybridized carbons (Fsp3) is 0.533. The first kappa shape index (κ1) is 15.5. The maximum atomic E-state index is 12.3. The van der Waals surface area contributed by atoms with E-state index in [1.807, 2.05) is 45.2 Å². The lowest BCUT2D eigenvalue weighted by molar-refractivity contribution is -0.145. The van der Waals surface area contributed by atoms with Gasteiger partial charge in [-0.2, -0.15) is 0 Å². The van der Waals surface area contributed by atoms with Gasteiger partial charge in [0.05, 0.1) is 12.1 Å². The van der Waals surface area contributed by atoms with Crippen LogP contribution in [0.25, 0.3) is 0 Å². The molecule has 1 amide bonds. The van der Waals surface area contributed by atoms with Gasteiger partial charge in [-0.3, -0.25) is 4.79 Å². The number of ether oxygens (including phenoxy) is 1. The summed E-state index contributed by atoms with van der Waals surface area (Å²) in [5.41, 5.74) is 1.08. The van der Waals surface area contributed by atoms with Gasteiger partial charge in [-0.1, -0.05) is 28.1 Å². The third-order valence-corrected chi connectivity index (χ3v) is 3.99. The van der Waals surface area contributed by atoms with Crippen molar-refractivity contribution in [1.82, 2.24) is 10.2 Å². The molecule has 20 heavy (non-hydrogen) atoms. The summed E-state index contributed by atoms with van der Waals surface area (Å²) in [4.78, 5) is 14.4. The van der Waals surface area contributed by atoms with Gasteiger partial charge in [0.1, 0.15) is 6.10 Å². The molecule has 3 unspecified atom stereocenters. The van der Waals surface area contributed by atoms with Crippen LogP contribution in [0.15, 0.2) is 28.7 Å². The van der Waals surface area contributed by atoms with Crippen molar-refractivity contribution in [3.63, 3.8) is 0 Å². The largest absolute Gasteiger partial charge is 0.363 e. The van der Waals surface area contributed by atoms with Gasteiger partial charge in [0.15, 0.2) is 0 Å². The maximum Gasteiger partial charge on any atom is 0.250 e. The fourth-order valence-electron chi connectivity index (χ4n) is 2.45. The maximum absolute atomic E-state index is 12.3. The number of benzene rings is 1. The molecule has 1 heterocycles. The Balaban J connectivity index is 1.95. The van der Waals surface area contributed by atoms with Gasteiger partial charge < -0.3 is 15.0 Å². The number of amides is 1.